The smallest absolute Gasteiger partial charge is 0.381 e. The first-order chi connectivity index (χ1) is 12.6. The molecule has 0 spiro atoms. The Bertz CT molecular complexity index is 561. The zero-order valence-corrected chi connectivity index (χ0v) is 15.2. The van der Waals surface area contributed by atoms with Gasteiger partial charge in [-0.2, -0.15) is 13.2 Å². The Kier molecular flexibility index (Phi) is 5.72. The van der Waals surface area contributed by atoms with E-state index in [4.69, 9.17) is 29.4 Å². The summed E-state index contributed by atoms with van der Waals surface area (Å²) >= 11 is 0. The second kappa shape index (κ2) is 7.45. The molecule has 27 heavy (non-hydrogen) atoms. The van der Waals surface area contributed by atoms with E-state index < -0.39 is 48.0 Å². The summed E-state index contributed by atoms with van der Waals surface area (Å²) in [5.41, 5.74) is 4.51. The third-order valence-corrected chi connectivity index (χ3v) is 4.86. The third-order valence-electron chi connectivity index (χ3n) is 4.86. The number of hydrogen-bond donors (Lipinski definition) is 2. The van der Waals surface area contributed by atoms with E-state index >= 15 is 0 Å². The van der Waals surface area contributed by atoms with Crippen molar-refractivity contribution in [2.75, 3.05) is 26.4 Å². The van der Waals surface area contributed by atoms with Gasteiger partial charge in [0, 0.05) is 19.6 Å². The van der Waals surface area contributed by atoms with Crippen LogP contribution in [0.4, 0.5) is 13.2 Å². The molecule has 1 amide bonds. The molecule has 5 atom stereocenters. The second-order valence-electron chi connectivity index (χ2n) is 7.38. The van der Waals surface area contributed by atoms with E-state index in [0.717, 1.165) is 6.42 Å². The summed E-state index contributed by atoms with van der Waals surface area (Å²) < 4.78 is 66.8. The maximum absolute atomic E-state index is 12.7. The molecule has 0 aromatic rings. The van der Waals surface area contributed by atoms with E-state index in [9.17, 15) is 18.0 Å². The molecule has 3 N–H and O–H groups in total. The van der Waals surface area contributed by atoms with Crippen molar-refractivity contribution in [1.82, 2.24) is 5.32 Å². The van der Waals surface area contributed by atoms with Crippen LogP contribution in [0.5, 0.6) is 0 Å². The van der Waals surface area contributed by atoms with Crippen molar-refractivity contribution in [2.45, 2.75) is 68.8 Å². The zero-order valence-electron chi connectivity index (χ0n) is 15.2. The molecule has 3 heterocycles. The fourth-order valence-corrected chi connectivity index (χ4v) is 3.65. The molecule has 8 nitrogen and oxygen atoms in total. The molecule has 2 bridgehead atoms. The number of rotatable bonds is 7. The summed E-state index contributed by atoms with van der Waals surface area (Å²) in [4.78, 5) is 11.4. The van der Waals surface area contributed by atoms with E-state index in [1.165, 1.54) is 0 Å². The molecule has 156 valence electrons. The lowest BCUT2D eigenvalue weighted by Crippen LogP contribution is -2.65. The van der Waals surface area contributed by atoms with Crippen LogP contribution in [-0.4, -0.2) is 74.4 Å². The Balaban J connectivity index is 1.73. The van der Waals surface area contributed by atoms with Crippen LogP contribution in [0.15, 0.2) is 0 Å². The summed E-state index contributed by atoms with van der Waals surface area (Å²) in [6.07, 6.45) is -6.49. The molecule has 0 aromatic carbocycles. The highest BCUT2D eigenvalue weighted by molar-refractivity contribution is 5.82. The molecule has 0 radical (unpaired) electrons. The maximum atomic E-state index is 12.7. The topological polar surface area (TPSA) is 101 Å². The van der Waals surface area contributed by atoms with Crippen LogP contribution in [-0.2, 0) is 28.5 Å². The number of halogens is 3. The highest BCUT2D eigenvalue weighted by Crippen LogP contribution is 2.47. The zero-order chi connectivity index (χ0) is 19.9. The van der Waals surface area contributed by atoms with Crippen molar-refractivity contribution in [3.8, 4) is 0 Å². The quantitative estimate of drug-likeness (QED) is 0.600. The monoisotopic (exact) mass is 398 g/mol. The second-order valence-corrected chi connectivity index (χ2v) is 7.38. The summed E-state index contributed by atoms with van der Waals surface area (Å²) in [6.45, 7) is 4.79. The Labute approximate surface area is 154 Å². The molecule has 3 rings (SSSR count). The SMILES string of the molecule is CC1(C)O[C@@H]2[C@@H](NC(=O)C(F)(F)F)[C@H]3OC[C@](CCOCCCN)(O3)[C@@H]2O1. The normalized spacial score (nSPS) is 37.3. The Hall–Kier alpha value is -0.980. The first-order valence-electron chi connectivity index (χ1n) is 8.88. The molecule has 3 fully saturated rings. The first-order valence-corrected chi connectivity index (χ1v) is 8.88. The molecule has 3 saturated heterocycles. The summed E-state index contributed by atoms with van der Waals surface area (Å²) in [6, 6.07) is -1.14. The number of ether oxygens (including phenoxy) is 5. The molecule has 11 heteroatoms. The fourth-order valence-electron chi connectivity index (χ4n) is 3.65. The molecule has 0 aromatic heterocycles. The van der Waals surface area contributed by atoms with Crippen LogP contribution >= 0.6 is 0 Å². The standard InChI is InChI=1S/C16H25F3N2O6/c1-14(2)25-10-9(21-13(22)16(17,18)19)12-24-8-15(27-12,11(10)26-14)4-7-23-6-3-5-20/h9-12H,3-8,20H2,1-2H3,(H,21,22)/t9-,10-,11-,12+,15+/m1/s1. The van der Waals surface area contributed by atoms with Gasteiger partial charge in [-0.25, -0.2) is 0 Å². The van der Waals surface area contributed by atoms with Crippen molar-refractivity contribution in [3.63, 3.8) is 0 Å². The lowest BCUT2D eigenvalue weighted by Gasteiger charge is -2.42. The minimum Gasteiger partial charge on any atom is -0.381 e. The predicted octanol–water partition coefficient (Wildman–Crippen LogP) is 0.434. The predicted molar refractivity (Wildman–Crippen MR) is 84.5 cm³/mol. The van der Waals surface area contributed by atoms with Crippen LogP contribution < -0.4 is 11.1 Å². The number of amides is 1. The van der Waals surface area contributed by atoms with E-state index in [0.29, 0.717) is 26.2 Å². The van der Waals surface area contributed by atoms with Gasteiger partial charge in [-0.1, -0.05) is 0 Å². The highest BCUT2D eigenvalue weighted by atomic mass is 19.4. The van der Waals surface area contributed by atoms with E-state index in [1.807, 2.05) is 5.32 Å². The van der Waals surface area contributed by atoms with Crippen molar-refractivity contribution in [3.05, 3.63) is 0 Å². The van der Waals surface area contributed by atoms with Gasteiger partial charge in [0.1, 0.15) is 23.9 Å². The fraction of sp³-hybridized carbons (Fsp3) is 0.938. The molecule has 0 saturated carbocycles. The van der Waals surface area contributed by atoms with Crippen LogP contribution in [0.2, 0.25) is 0 Å². The number of nitrogens with one attached hydrogen (secondary N) is 1. The number of nitrogens with two attached hydrogens (primary N) is 1. The summed E-state index contributed by atoms with van der Waals surface area (Å²) in [7, 11) is 0. The van der Waals surface area contributed by atoms with Gasteiger partial charge in [-0.15, -0.1) is 0 Å². The van der Waals surface area contributed by atoms with Crippen LogP contribution in [0.3, 0.4) is 0 Å². The van der Waals surface area contributed by atoms with Gasteiger partial charge >= 0.3 is 12.1 Å². The van der Waals surface area contributed by atoms with Crippen LogP contribution in [0.25, 0.3) is 0 Å². The van der Waals surface area contributed by atoms with Gasteiger partial charge < -0.3 is 34.7 Å². The lowest BCUT2D eigenvalue weighted by atomic mass is 9.85. The maximum Gasteiger partial charge on any atom is 0.471 e. The van der Waals surface area contributed by atoms with Gasteiger partial charge in [0.25, 0.3) is 0 Å². The van der Waals surface area contributed by atoms with Gasteiger partial charge in [-0.05, 0) is 26.8 Å². The number of carbonyl (C=O) groups is 1. The molecule has 3 aliphatic rings. The van der Waals surface area contributed by atoms with Crippen molar-refractivity contribution in [1.29, 1.82) is 0 Å². The lowest BCUT2D eigenvalue weighted by molar-refractivity contribution is -0.208. The first kappa shape index (κ1) is 20.7. The summed E-state index contributed by atoms with van der Waals surface area (Å²) in [5, 5.41) is 1.93. The number of carbonyl (C=O) groups excluding carboxylic acids is 1. The minimum atomic E-state index is -5.02. The van der Waals surface area contributed by atoms with E-state index in [2.05, 4.69) is 0 Å². The van der Waals surface area contributed by atoms with E-state index in [1.54, 1.807) is 13.8 Å². The Morgan fingerprint density at radius 3 is 2.67 bits per heavy atom. The molecular formula is C16H25F3N2O6. The van der Waals surface area contributed by atoms with E-state index in [-0.39, 0.29) is 6.61 Å². The van der Waals surface area contributed by atoms with Crippen molar-refractivity contribution >= 4 is 5.91 Å². The molecular weight excluding hydrogens is 373 g/mol. The average molecular weight is 398 g/mol. The molecule has 3 aliphatic heterocycles. The van der Waals surface area contributed by atoms with Gasteiger partial charge in [-0.3, -0.25) is 4.79 Å². The van der Waals surface area contributed by atoms with Crippen LogP contribution in [0, 0.1) is 0 Å². The largest absolute Gasteiger partial charge is 0.471 e. The molecule has 0 aliphatic carbocycles. The number of alkyl halides is 3. The van der Waals surface area contributed by atoms with Crippen molar-refractivity contribution < 1.29 is 41.7 Å². The van der Waals surface area contributed by atoms with Gasteiger partial charge in [0.15, 0.2) is 12.1 Å². The Morgan fingerprint density at radius 2 is 2.00 bits per heavy atom. The highest BCUT2D eigenvalue weighted by Gasteiger charge is 2.66. The molecule has 0 unspecified atom stereocenters. The third kappa shape index (κ3) is 4.22. The van der Waals surface area contributed by atoms with Crippen LogP contribution in [0.1, 0.15) is 26.7 Å². The van der Waals surface area contributed by atoms with Gasteiger partial charge in [0.05, 0.1) is 6.61 Å². The number of fused-ring (bicyclic) bond motifs is 4. The van der Waals surface area contributed by atoms with Gasteiger partial charge in [0.2, 0.25) is 0 Å². The minimum absolute atomic E-state index is 0.108. The summed E-state index contributed by atoms with van der Waals surface area (Å²) in [5.74, 6) is -3.10. The number of hydrogen-bond acceptors (Lipinski definition) is 7. The average Bonchev–Trinajstić information content (AvgIpc) is 3.11. The van der Waals surface area contributed by atoms with Crippen molar-refractivity contribution in [2.24, 2.45) is 5.73 Å². The Morgan fingerprint density at radius 1 is 1.26 bits per heavy atom.